The maximum absolute atomic E-state index is 11.8. The molecule has 0 saturated heterocycles. The van der Waals surface area contributed by atoms with E-state index in [1.807, 2.05) is 6.92 Å². The number of carboxylic acid groups (broad SMARTS) is 1. The van der Waals surface area contributed by atoms with Gasteiger partial charge in [-0.05, 0) is 38.4 Å². The van der Waals surface area contributed by atoms with Gasteiger partial charge in [0.15, 0.2) is 0 Å². The van der Waals surface area contributed by atoms with Gasteiger partial charge in [-0.2, -0.15) is 0 Å². The minimum atomic E-state index is -0.777. The highest BCUT2D eigenvalue weighted by Crippen LogP contribution is 2.43. The van der Waals surface area contributed by atoms with Gasteiger partial charge < -0.3 is 21.2 Å². The second kappa shape index (κ2) is 8.53. The average molecular weight is 312 g/mol. The molecule has 3 atom stereocenters. The highest BCUT2D eigenvalue weighted by Gasteiger charge is 2.45. The zero-order valence-corrected chi connectivity index (χ0v) is 13.7. The molecule has 0 unspecified atom stereocenters. The summed E-state index contributed by atoms with van der Waals surface area (Å²) in [6.07, 6.45) is 5.22. The molecule has 0 aromatic heterocycles. The van der Waals surface area contributed by atoms with Crippen LogP contribution in [0.1, 0.15) is 51.9 Å². The van der Waals surface area contributed by atoms with Crippen molar-refractivity contribution in [3.63, 3.8) is 0 Å². The summed E-state index contributed by atoms with van der Waals surface area (Å²) in [6.45, 7) is 3.25. The van der Waals surface area contributed by atoms with E-state index in [1.165, 1.54) is 0 Å². The van der Waals surface area contributed by atoms with Gasteiger partial charge in [0.1, 0.15) is 0 Å². The number of unbranched alkanes of at least 4 members (excludes halogenated alkanes) is 1. The van der Waals surface area contributed by atoms with Crippen molar-refractivity contribution in [2.45, 2.75) is 77.1 Å². The standard InChI is InChI=1S/C15H29BN2O4/c1-3-12(17)13(19)18-11-6-8-15(10-11,14(20)21)7-4-5-9-16(2)22/h11-12,22H,3-10,17H2,1-2H3,(H,18,19)(H,20,21)/t11-,12-,15+/m0/s1. The summed E-state index contributed by atoms with van der Waals surface area (Å²) in [6, 6.07) is -0.621. The lowest BCUT2D eigenvalue weighted by molar-refractivity contribution is -0.149. The Morgan fingerprint density at radius 3 is 2.68 bits per heavy atom. The average Bonchev–Trinajstić information content (AvgIpc) is 2.87. The molecule has 0 bridgehead atoms. The molecule has 1 saturated carbocycles. The molecule has 0 aromatic carbocycles. The number of rotatable bonds is 9. The smallest absolute Gasteiger partial charge is 0.309 e. The molecular formula is C15H29BN2O4. The second-order valence-electron chi connectivity index (χ2n) is 6.64. The third-order valence-electron chi connectivity index (χ3n) is 4.71. The monoisotopic (exact) mass is 312 g/mol. The van der Waals surface area contributed by atoms with Gasteiger partial charge in [-0.3, -0.25) is 9.59 Å². The summed E-state index contributed by atoms with van der Waals surface area (Å²) >= 11 is 0. The third kappa shape index (κ3) is 5.28. The molecule has 0 aliphatic heterocycles. The summed E-state index contributed by atoms with van der Waals surface area (Å²) in [5.41, 5.74) is 4.95. The van der Waals surface area contributed by atoms with Crippen LogP contribution in [-0.2, 0) is 9.59 Å². The van der Waals surface area contributed by atoms with Crippen molar-refractivity contribution in [1.82, 2.24) is 5.32 Å². The summed E-state index contributed by atoms with van der Waals surface area (Å²) in [7, 11) is 0. The normalized spacial score (nSPS) is 25.7. The Balaban J connectivity index is 2.52. The van der Waals surface area contributed by atoms with Crippen molar-refractivity contribution in [3.8, 4) is 0 Å². The summed E-state index contributed by atoms with van der Waals surface area (Å²) < 4.78 is 0. The van der Waals surface area contributed by atoms with Crippen LogP contribution in [0.3, 0.4) is 0 Å². The maximum atomic E-state index is 11.8. The molecule has 0 aromatic rings. The molecule has 22 heavy (non-hydrogen) atoms. The van der Waals surface area contributed by atoms with E-state index in [4.69, 9.17) is 5.73 Å². The first-order valence-corrected chi connectivity index (χ1v) is 8.28. The van der Waals surface area contributed by atoms with E-state index < -0.39 is 17.4 Å². The molecule has 5 N–H and O–H groups in total. The Morgan fingerprint density at radius 1 is 1.45 bits per heavy atom. The van der Waals surface area contributed by atoms with Gasteiger partial charge in [-0.15, -0.1) is 0 Å². The molecule has 1 amide bonds. The lowest BCUT2D eigenvalue weighted by Gasteiger charge is -2.25. The number of carboxylic acids is 1. The Hall–Kier alpha value is -1.08. The van der Waals surface area contributed by atoms with E-state index in [1.54, 1.807) is 6.82 Å². The van der Waals surface area contributed by atoms with Crippen LogP contribution in [0.5, 0.6) is 0 Å². The minimum Gasteiger partial charge on any atom is -0.481 e. The zero-order chi connectivity index (χ0) is 16.8. The van der Waals surface area contributed by atoms with E-state index in [-0.39, 0.29) is 18.9 Å². The van der Waals surface area contributed by atoms with E-state index in [0.29, 0.717) is 38.4 Å². The number of amides is 1. The van der Waals surface area contributed by atoms with Crippen LogP contribution in [0.2, 0.25) is 13.1 Å². The fraction of sp³-hybridized carbons (Fsp3) is 0.867. The number of aliphatic carboxylic acids is 1. The van der Waals surface area contributed by atoms with Crippen molar-refractivity contribution < 1.29 is 19.7 Å². The number of hydrogen-bond donors (Lipinski definition) is 4. The summed E-state index contributed by atoms with van der Waals surface area (Å²) in [5.74, 6) is -0.969. The molecule has 126 valence electrons. The number of nitrogens with one attached hydrogen (secondary N) is 1. The van der Waals surface area contributed by atoms with Gasteiger partial charge in [0.25, 0.3) is 6.92 Å². The summed E-state index contributed by atoms with van der Waals surface area (Å²) in [4.78, 5) is 23.5. The molecular weight excluding hydrogens is 283 g/mol. The van der Waals surface area contributed by atoms with E-state index in [9.17, 15) is 19.7 Å². The molecule has 0 heterocycles. The largest absolute Gasteiger partial charge is 0.481 e. The molecule has 1 fully saturated rings. The molecule has 0 radical (unpaired) electrons. The van der Waals surface area contributed by atoms with Crippen molar-refractivity contribution in [2.24, 2.45) is 11.1 Å². The molecule has 1 aliphatic rings. The Labute approximate surface area is 133 Å². The predicted octanol–water partition coefficient (Wildman–Crippen LogP) is 1.25. The fourth-order valence-electron chi connectivity index (χ4n) is 3.17. The molecule has 1 rings (SSSR count). The van der Waals surface area contributed by atoms with Gasteiger partial charge >= 0.3 is 5.97 Å². The van der Waals surface area contributed by atoms with Gasteiger partial charge in [0.05, 0.1) is 11.5 Å². The number of carbonyl (C=O) groups excluding carboxylic acids is 1. The SMILES string of the molecule is CC[C@H](N)C(=O)N[C@H]1CC[C@@](CCCCB(C)O)(C(=O)O)C1. The molecule has 6 nitrogen and oxygen atoms in total. The van der Waals surface area contributed by atoms with Gasteiger partial charge in [0, 0.05) is 6.04 Å². The van der Waals surface area contributed by atoms with E-state index in [2.05, 4.69) is 5.32 Å². The second-order valence-corrected chi connectivity index (χ2v) is 6.64. The molecule has 7 heteroatoms. The number of nitrogens with two attached hydrogens (primary N) is 1. The van der Waals surface area contributed by atoms with Crippen LogP contribution in [-0.4, -0.2) is 41.0 Å². The van der Waals surface area contributed by atoms with Crippen LogP contribution in [0.4, 0.5) is 0 Å². The van der Waals surface area contributed by atoms with Crippen LogP contribution in [0.15, 0.2) is 0 Å². The Kier molecular flexibility index (Phi) is 7.36. The molecule has 0 spiro atoms. The first kappa shape index (κ1) is 19.0. The first-order valence-electron chi connectivity index (χ1n) is 8.28. The van der Waals surface area contributed by atoms with Crippen molar-refractivity contribution in [3.05, 3.63) is 0 Å². The van der Waals surface area contributed by atoms with E-state index in [0.717, 1.165) is 12.8 Å². The first-order chi connectivity index (χ1) is 10.3. The third-order valence-corrected chi connectivity index (χ3v) is 4.71. The van der Waals surface area contributed by atoms with Crippen LogP contribution >= 0.6 is 0 Å². The zero-order valence-electron chi connectivity index (χ0n) is 13.7. The van der Waals surface area contributed by atoms with Crippen molar-refractivity contribution in [1.29, 1.82) is 0 Å². The van der Waals surface area contributed by atoms with E-state index >= 15 is 0 Å². The Morgan fingerprint density at radius 2 is 2.14 bits per heavy atom. The van der Waals surface area contributed by atoms with Crippen LogP contribution < -0.4 is 11.1 Å². The van der Waals surface area contributed by atoms with Crippen LogP contribution in [0.25, 0.3) is 0 Å². The van der Waals surface area contributed by atoms with Gasteiger partial charge in [0.2, 0.25) is 5.91 Å². The predicted molar refractivity (Wildman–Crippen MR) is 86.6 cm³/mol. The molecule has 1 aliphatic carbocycles. The topological polar surface area (TPSA) is 113 Å². The van der Waals surface area contributed by atoms with Crippen molar-refractivity contribution in [2.75, 3.05) is 0 Å². The van der Waals surface area contributed by atoms with Gasteiger partial charge in [-0.25, -0.2) is 0 Å². The maximum Gasteiger partial charge on any atom is 0.309 e. The lowest BCUT2D eigenvalue weighted by atomic mass is 9.66. The quantitative estimate of drug-likeness (QED) is 0.378. The Bertz CT molecular complexity index is 392. The number of hydrogen-bond acceptors (Lipinski definition) is 4. The minimum absolute atomic E-state index is 0.0991. The fourth-order valence-corrected chi connectivity index (χ4v) is 3.17. The highest BCUT2D eigenvalue weighted by atomic mass is 16.4. The summed E-state index contributed by atoms with van der Waals surface area (Å²) in [5, 5.41) is 21.7. The lowest BCUT2D eigenvalue weighted by Crippen LogP contribution is -2.45. The number of carbonyl (C=O) groups is 2. The van der Waals surface area contributed by atoms with Gasteiger partial charge in [-0.1, -0.05) is 26.6 Å². The van der Waals surface area contributed by atoms with Crippen LogP contribution in [0, 0.1) is 5.41 Å². The highest BCUT2D eigenvalue weighted by molar-refractivity contribution is 6.48. The van der Waals surface area contributed by atoms with Crippen molar-refractivity contribution >= 4 is 18.8 Å².